The number of esters is 1. The minimum absolute atomic E-state index is 0.174. The summed E-state index contributed by atoms with van der Waals surface area (Å²) in [7, 11) is 3.62. The maximum absolute atomic E-state index is 12.5. The SMILES string of the molecule is COC(=O)C1(Nc2cccc(Cl)c2)CC2CCC(C1)N2C. The van der Waals surface area contributed by atoms with Crippen LogP contribution in [0.5, 0.6) is 0 Å². The molecule has 2 fully saturated rings. The molecule has 2 bridgehead atoms. The van der Waals surface area contributed by atoms with E-state index in [4.69, 9.17) is 16.3 Å². The van der Waals surface area contributed by atoms with Crippen LogP contribution in [0.1, 0.15) is 25.7 Å². The largest absolute Gasteiger partial charge is 0.467 e. The summed E-state index contributed by atoms with van der Waals surface area (Å²) in [4.78, 5) is 14.9. The van der Waals surface area contributed by atoms with Crippen LogP contribution in [0.4, 0.5) is 5.69 Å². The van der Waals surface area contributed by atoms with Gasteiger partial charge in [0, 0.05) is 22.8 Å². The normalized spacial score (nSPS) is 32.0. The molecule has 2 aliphatic rings. The van der Waals surface area contributed by atoms with Crippen molar-refractivity contribution in [2.75, 3.05) is 19.5 Å². The van der Waals surface area contributed by atoms with Crippen molar-refractivity contribution in [1.82, 2.24) is 4.90 Å². The smallest absolute Gasteiger partial charge is 0.331 e. The molecule has 2 unspecified atom stereocenters. The van der Waals surface area contributed by atoms with Crippen molar-refractivity contribution in [3.05, 3.63) is 29.3 Å². The average molecular weight is 309 g/mol. The molecule has 5 heteroatoms. The lowest BCUT2D eigenvalue weighted by Gasteiger charge is -2.44. The molecule has 0 amide bonds. The van der Waals surface area contributed by atoms with Gasteiger partial charge < -0.3 is 15.0 Å². The van der Waals surface area contributed by atoms with Gasteiger partial charge in [-0.15, -0.1) is 0 Å². The number of halogens is 1. The monoisotopic (exact) mass is 308 g/mol. The van der Waals surface area contributed by atoms with Crippen molar-refractivity contribution >= 4 is 23.3 Å². The van der Waals surface area contributed by atoms with Crippen LogP contribution in [0.15, 0.2) is 24.3 Å². The van der Waals surface area contributed by atoms with E-state index in [1.54, 1.807) is 0 Å². The number of carbonyl (C=O) groups is 1. The average Bonchev–Trinajstić information content (AvgIpc) is 2.69. The van der Waals surface area contributed by atoms with E-state index in [-0.39, 0.29) is 5.97 Å². The molecule has 1 aromatic carbocycles. The molecule has 0 aromatic heterocycles. The highest BCUT2D eigenvalue weighted by Gasteiger charge is 2.51. The minimum atomic E-state index is -0.641. The highest BCUT2D eigenvalue weighted by Crippen LogP contribution is 2.42. The second kappa shape index (κ2) is 5.50. The Morgan fingerprint density at radius 1 is 1.38 bits per heavy atom. The topological polar surface area (TPSA) is 41.6 Å². The molecule has 0 aliphatic carbocycles. The van der Waals surface area contributed by atoms with Gasteiger partial charge in [0.25, 0.3) is 0 Å². The van der Waals surface area contributed by atoms with Gasteiger partial charge in [0.1, 0.15) is 5.54 Å². The molecule has 2 aliphatic heterocycles. The number of fused-ring (bicyclic) bond motifs is 2. The third kappa shape index (κ3) is 2.62. The van der Waals surface area contributed by atoms with Gasteiger partial charge in [0.15, 0.2) is 0 Å². The number of hydrogen-bond donors (Lipinski definition) is 1. The molecule has 0 saturated carbocycles. The van der Waals surface area contributed by atoms with Crippen LogP contribution in [0.3, 0.4) is 0 Å². The summed E-state index contributed by atoms with van der Waals surface area (Å²) in [5, 5.41) is 4.08. The van der Waals surface area contributed by atoms with E-state index >= 15 is 0 Å². The highest BCUT2D eigenvalue weighted by atomic mass is 35.5. The number of methoxy groups -OCH3 is 1. The Morgan fingerprint density at radius 2 is 2.05 bits per heavy atom. The zero-order chi connectivity index (χ0) is 15.0. The Bertz CT molecular complexity index is 535. The molecule has 2 atom stereocenters. The predicted molar refractivity (Wildman–Crippen MR) is 83.6 cm³/mol. The van der Waals surface area contributed by atoms with Gasteiger partial charge in [-0.3, -0.25) is 0 Å². The first-order chi connectivity index (χ1) is 10.0. The number of carbonyl (C=O) groups excluding carboxylic acids is 1. The van der Waals surface area contributed by atoms with Crippen molar-refractivity contribution in [3.63, 3.8) is 0 Å². The maximum Gasteiger partial charge on any atom is 0.331 e. The first kappa shape index (κ1) is 14.7. The van der Waals surface area contributed by atoms with Crippen LogP contribution in [0.2, 0.25) is 5.02 Å². The highest BCUT2D eigenvalue weighted by molar-refractivity contribution is 6.30. The lowest BCUT2D eigenvalue weighted by molar-refractivity contribution is -0.148. The molecule has 0 radical (unpaired) electrons. The molecule has 2 heterocycles. The minimum Gasteiger partial charge on any atom is -0.467 e. The lowest BCUT2D eigenvalue weighted by atomic mass is 9.82. The van der Waals surface area contributed by atoms with Gasteiger partial charge in [-0.2, -0.15) is 0 Å². The van der Waals surface area contributed by atoms with Crippen molar-refractivity contribution in [2.45, 2.75) is 43.3 Å². The first-order valence-electron chi connectivity index (χ1n) is 7.38. The summed E-state index contributed by atoms with van der Waals surface area (Å²) in [5.74, 6) is -0.174. The van der Waals surface area contributed by atoms with Crippen molar-refractivity contribution < 1.29 is 9.53 Å². The number of rotatable bonds is 3. The summed E-state index contributed by atoms with van der Waals surface area (Å²) in [5.41, 5.74) is 0.231. The van der Waals surface area contributed by atoms with Crippen LogP contribution < -0.4 is 5.32 Å². The van der Waals surface area contributed by atoms with Crippen LogP contribution in [-0.2, 0) is 9.53 Å². The summed E-state index contributed by atoms with van der Waals surface area (Å²) in [6.07, 6.45) is 3.85. The number of benzene rings is 1. The first-order valence-corrected chi connectivity index (χ1v) is 7.76. The standard InChI is InChI=1S/C16H21ClN2O2/c1-19-13-6-7-14(19)10-16(9-13,15(20)21-2)18-12-5-3-4-11(17)8-12/h3-5,8,13-14,18H,6-7,9-10H2,1-2H3. The van der Waals surface area contributed by atoms with E-state index in [9.17, 15) is 4.79 Å². The van der Waals surface area contributed by atoms with Crippen molar-refractivity contribution in [2.24, 2.45) is 0 Å². The molecule has 3 rings (SSSR count). The van der Waals surface area contributed by atoms with Crippen LogP contribution in [-0.4, -0.2) is 42.6 Å². The second-order valence-electron chi connectivity index (χ2n) is 6.17. The quantitative estimate of drug-likeness (QED) is 0.872. The van der Waals surface area contributed by atoms with Crippen molar-refractivity contribution in [1.29, 1.82) is 0 Å². The molecular formula is C16H21ClN2O2. The Labute approximate surface area is 130 Å². The fourth-order valence-electron chi connectivity index (χ4n) is 3.83. The number of ether oxygens (including phenoxy) is 1. The van der Waals surface area contributed by atoms with Gasteiger partial charge in [0.05, 0.1) is 7.11 Å². The maximum atomic E-state index is 12.5. The Kier molecular flexibility index (Phi) is 3.84. The zero-order valence-corrected chi connectivity index (χ0v) is 13.2. The van der Waals surface area contributed by atoms with Gasteiger partial charge in [-0.05, 0) is 50.9 Å². The van der Waals surface area contributed by atoms with E-state index in [2.05, 4.69) is 17.3 Å². The molecule has 2 saturated heterocycles. The number of anilines is 1. The van der Waals surface area contributed by atoms with E-state index < -0.39 is 5.54 Å². The zero-order valence-electron chi connectivity index (χ0n) is 12.4. The van der Waals surface area contributed by atoms with Crippen LogP contribution in [0, 0.1) is 0 Å². The fourth-order valence-corrected chi connectivity index (χ4v) is 4.02. The Balaban J connectivity index is 1.90. The molecule has 1 aromatic rings. The number of nitrogens with zero attached hydrogens (tertiary/aromatic N) is 1. The van der Waals surface area contributed by atoms with Crippen LogP contribution in [0.25, 0.3) is 0 Å². The number of piperidine rings is 1. The van der Waals surface area contributed by atoms with E-state index in [1.807, 2.05) is 24.3 Å². The van der Waals surface area contributed by atoms with E-state index in [0.29, 0.717) is 17.1 Å². The molecule has 1 N–H and O–H groups in total. The van der Waals surface area contributed by atoms with Crippen molar-refractivity contribution in [3.8, 4) is 0 Å². The Morgan fingerprint density at radius 3 is 2.62 bits per heavy atom. The summed E-state index contributed by atoms with van der Waals surface area (Å²) in [6, 6.07) is 8.39. The summed E-state index contributed by atoms with van der Waals surface area (Å²) >= 11 is 6.05. The van der Waals surface area contributed by atoms with Gasteiger partial charge >= 0.3 is 5.97 Å². The fraction of sp³-hybridized carbons (Fsp3) is 0.562. The summed E-state index contributed by atoms with van der Waals surface area (Å²) in [6.45, 7) is 0. The second-order valence-corrected chi connectivity index (χ2v) is 6.60. The van der Waals surface area contributed by atoms with Gasteiger partial charge in [0.2, 0.25) is 0 Å². The third-order valence-corrected chi connectivity index (χ3v) is 5.17. The molecule has 0 spiro atoms. The molecule has 4 nitrogen and oxygen atoms in total. The van der Waals surface area contributed by atoms with E-state index in [0.717, 1.165) is 31.4 Å². The Hall–Kier alpha value is -1.26. The lowest BCUT2D eigenvalue weighted by Crippen LogP contribution is -2.58. The molecule has 21 heavy (non-hydrogen) atoms. The number of nitrogens with one attached hydrogen (secondary N) is 1. The van der Waals surface area contributed by atoms with E-state index in [1.165, 1.54) is 7.11 Å². The molecule has 114 valence electrons. The molecular weight excluding hydrogens is 288 g/mol. The van der Waals surface area contributed by atoms with Gasteiger partial charge in [-0.1, -0.05) is 17.7 Å². The van der Waals surface area contributed by atoms with Gasteiger partial charge in [-0.25, -0.2) is 4.79 Å². The summed E-state index contributed by atoms with van der Waals surface area (Å²) < 4.78 is 5.10. The van der Waals surface area contributed by atoms with Crippen LogP contribution >= 0.6 is 11.6 Å². The number of hydrogen-bond acceptors (Lipinski definition) is 4. The third-order valence-electron chi connectivity index (χ3n) is 4.94. The predicted octanol–water partition coefficient (Wildman–Crippen LogP) is 2.92.